The first kappa shape index (κ1) is 25.4. The molecule has 8 nitrogen and oxygen atoms in total. The highest BCUT2D eigenvalue weighted by Crippen LogP contribution is 2.12. The number of nitrogens with one attached hydrogen (secondary N) is 2. The molecule has 0 aliphatic heterocycles. The fourth-order valence-corrected chi connectivity index (χ4v) is 3.09. The molecular weight excluding hydrogens is 378 g/mol. The van der Waals surface area contributed by atoms with E-state index in [1.165, 1.54) is 32.1 Å². The molecule has 0 bridgehead atoms. The summed E-state index contributed by atoms with van der Waals surface area (Å²) in [6, 6.07) is 3.47. The van der Waals surface area contributed by atoms with E-state index in [2.05, 4.69) is 9.98 Å². The topological polar surface area (TPSA) is 160 Å². The molecule has 0 amide bonds. The van der Waals surface area contributed by atoms with Gasteiger partial charge in [0, 0.05) is 30.1 Å². The fourth-order valence-electron chi connectivity index (χ4n) is 3.09. The first-order valence-corrected chi connectivity index (χ1v) is 11.0. The lowest BCUT2D eigenvalue weighted by atomic mass is 10.0. The van der Waals surface area contributed by atoms with Gasteiger partial charge in [-0.15, -0.1) is 0 Å². The lowest BCUT2D eigenvalue weighted by Crippen LogP contribution is -2.22. The standard InChI is InChI=1S/C22H39N7O/c23-19(11-7-4-2-1-3-5-9-15-28-22(26)27)12-8-6-10-16-30-20-14-13-18(17-29-20)21(24)25/h13-14,17,23H,1-12,15-16H2,(H3,24,25)(H4,26,27,28). The third-order valence-electron chi connectivity index (χ3n) is 4.85. The molecular formula is C22H39N7O. The molecule has 0 radical (unpaired) electrons. The molecule has 8 N–H and O–H groups in total. The van der Waals surface area contributed by atoms with Crippen LogP contribution in [0.25, 0.3) is 0 Å². The summed E-state index contributed by atoms with van der Waals surface area (Å²) in [6.45, 7) is 1.35. The van der Waals surface area contributed by atoms with Gasteiger partial charge < -0.3 is 27.3 Å². The van der Waals surface area contributed by atoms with Gasteiger partial charge in [0.05, 0.1) is 6.61 Å². The number of pyridine rings is 1. The number of aliphatic imine (C=N–C) groups is 1. The maximum Gasteiger partial charge on any atom is 0.213 e. The van der Waals surface area contributed by atoms with Crippen LogP contribution in [0.4, 0.5) is 0 Å². The van der Waals surface area contributed by atoms with Gasteiger partial charge in [0.1, 0.15) is 5.84 Å². The SMILES string of the molecule is N=C(CCCCCCCCCN=C(N)N)CCCCCOc1ccc(C(=N)N)cn1. The number of nitrogens with two attached hydrogens (primary N) is 3. The van der Waals surface area contributed by atoms with Gasteiger partial charge in [-0.05, 0) is 51.0 Å². The Bertz CT molecular complexity index is 639. The zero-order valence-corrected chi connectivity index (χ0v) is 18.2. The second-order valence-corrected chi connectivity index (χ2v) is 7.59. The zero-order chi connectivity index (χ0) is 22.0. The number of amidine groups is 1. The number of rotatable bonds is 18. The Hall–Kier alpha value is -2.64. The van der Waals surface area contributed by atoms with Crippen LogP contribution in [-0.2, 0) is 0 Å². The number of unbranched alkanes of at least 4 members (excludes halogenated alkanes) is 8. The first-order chi connectivity index (χ1) is 14.5. The summed E-state index contributed by atoms with van der Waals surface area (Å²) in [6.07, 6.45) is 14.7. The van der Waals surface area contributed by atoms with Gasteiger partial charge in [-0.25, -0.2) is 4.98 Å². The maximum atomic E-state index is 8.08. The summed E-state index contributed by atoms with van der Waals surface area (Å²) < 4.78 is 5.60. The Morgan fingerprint density at radius 1 is 0.833 bits per heavy atom. The van der Waals surface area contributed by atoms with Crippen LogP contribution in [0.2, 0.25) is 0 Å². The lowest BCUT2D eigenvalue weighted by molar-refractivity contribution is 0.294. The van der Waals surface area contributed by atoms with Crippen molar-refractivity contribution >= 4 is 17.5 Å². The van der Waals surface area contributed by atoms with Crippen LogP contribution in [0.3, 0.4) is 0 Å². The molecule has 1 rings (SSSR count). The van der Waals surface area contributed by atoms with Crippen molar-refractivity contribution in [2.75, 3.05) is 13.2 Å². The predicted octanol–water partition coefficient (Wildman–Crippen LogP) is 3.72. The third-order valence-corrected chi connectivity index (χ3v) is 4.85. The minimum atomic E-state index is 0.00694. The Labute approximate surface area is 180 Å². The predicted molar refractivity (Wildman–Crippen MR) is 125 cm³/mol. The Morgan fingerprint density at radius 3 is 2.00 bits per heavy atom. The number of hydrogen-bond acceptors (Lipinski definition) is 5. The normalized spacial score (nSPS) is 10.5. The molecule has 0 aliphatic carbocycles. The molecule has 1 heterocycles. The molecule has 0 spiro atoms. The van der Waals surface area contributed by atoms with E-state index in [0.717, 1.165) is 57.2 Å². The number of nitrogens with zero attached hydrogens (tertiary/aromatic N) is 2. The monoisotopic (exact) mass is 417 g/mol. The minimum Gasteiger partial charge on any atom is -0.478 e. The summed E-state index contributed by atoms with van der Waals surface area (Å²) in [5.41, 5.74) is 17.4. The lowest BCUT2D eigenvalue weighted by Gasteiger charge is -2.07. The van der Waals surface area contributed by atoms with Gasteiger partial charge in [-0.2, -0.15) is 0 Å². The summed E-state index contributed by atoms with van der Waals surface area (Å²) in [5, 5.41) is 15.4. The highest BCUT2D eigenvalue weighted by Gasteiger charge is 2.01. The van der Waals surface area contributed by atoms with Crippen molar-refractivity contribution in [3.05, 3.63) is 23.9 Å². The molecule has 0 saturated carbocycles. The number of hydrogen-bond donors (Lipinski definition) is 5. The highest BCUT2D eigenvalue weighted by molar-refractivity contribution is 5.94. The molecule has 1 aromatic rings. The number of guanidine groups is 1. The van der Waals surface area contributed by atoms with Crippen LogP contribution in [0.15, 0.2) is 23.3 Å². The molecule has 0 saturated heterocycles. The average molecular weight is 418 g/mol. The molecule has 0 aliphatic rings. The first-order valence-electron chi connectivity index (χ1n) is 11.0. The van der Waals surface area contributed by atoms with Crippen LogP contribution in [0.1, 0.15) is 82.6 Å². The van der Waals surface area contributed by atoms with Crippen LogP contribution >= 0.6 is 0 Å². The molecule has 0 unspecified atom stereocenters. The summed E-state index contributed by atoms with van der Waals surface area (Å²) in [7, 11) is 0. The second kappa shape index (κ2) is 16.2. The largest absolute Gasteiger partial charge is 0.478 e. The highest BCUT2D eigenvalue weighted by atomic mass is 16.5. The van der Waals surface area contributed by atoms with Gasteiger partial charge in [0.2, 0.25) is 5.88 Å². The van der Waals surface area contributed by atoms with Crippen molar-refractivity contribution in [2.24, 2.45) is 22.2 Å². The van der Waals surface area contributed by atoms with E-state index < -0.39 is 0 Å². The van der Waals surface area contributed by atoms with Crippen molar-refractivity contribution in [1.29, 1.82) is 10.8 Å². The maximum absolute atomic E-state index is 8.08. The van der Waals surface area contributed by atoms with Crippen molar-refractivity contribution in [3.8, 4) is 5.88 Å². The van der Waals surface area contributed by atoms with E-state index in [1.807, 2.05) is 0 Å². The van der Waals surface area contributed by atoms with Crippen molar-refractivity contribution < 1.29 is 4.74 Å². The van der Waals surface area contributed by atoms with Gasteiger partial charge in [-0.1, -0.05) is 32.1 Å². The van der Waals surface area contributed by atoms with E-state index in [9.17, 15) is 0 Å². The summed E-state index contributed by atoms with van der Waals surface area (Å²) >= 11 is 0. The molecule has 0 atom stereocenters. The van der Waals surface area contributed by atoms with Crippen LogP contribution in [-0.4, -0.2) is 35.6 Å². The van der Waals surface area contributed by atoms with E-state index in [-0.39, 0.29) is 11.8 Å². The van der Waals surface area contributed by atoms with Gasteiger partial charge in [0.25, 0.3) is 0 Å². The van der Waals surface area contributed by atoms with Crippen molar-refractivity contribution in [3.63, 3.8) is 0 Å². The average Bonchev–Trinajstić information content (AvgIpc) is 2.72. The quantitative estimate of drug-likeness (QED) is 0.139. The molecule has 1 aromatic heterocycles. The van der Waals surface area contributed by atoms with Gasteiger partial charge >= 0.3 is 0 Å². The van der Waals surface area contributed by atoms with Crippen LogP contribution < -0.4 is 21.9 Å². The van der Waals surface area contributed by atoms with Crippen molar-refractivity contribution in [2.45, 2.75) is 77.0 Å². The molecule has 0 fully saturated rings. The van der Waals surface area contributed by atoms with Gasteiger partial charge in [-0.3, -0.25) is 10.4 Å². The fraction of sp³-hybridized carbons (Fsp3) is 0.636. The van der Waals surface area contributed by atoms with Gasteiger partial charge in [0.15, 0.2) is 5.96 Å². The Kier molecular flexibility index (Phi) is 13.7. The van der Waals surface area contributed by atoms with Crippen molar-refractivity contribution in [1.82, 2.24) is 4.98 Å². The van der Waals surface area contributed by atoms with E-state index in [0.29, 0.717) is 18.1 Å². The van der Waals surface area contributed by atoms with E-state index >= 15 is 0 Å². The summed E-state index contributed by atoms with van der Waals surface area (Å²) in [4.78, 5) is 8.12. The molecule has 8 heteroatoms. The number of aromatic nitrogens is 1. The second-order valence-electron chi connectivity index (χ2n) is 7.59. The molecule has 0 aromatic carbocycles. The van der Waals surface area contributed by atoms with Crippen LogP contribution in [0, 0.1) is 10.8 Å². The number of nitrogen functional groups attached to an aromatic ring is 1. The Balaban J connectivity index is 1.89. The minimum absolute atomic E-state index is 0.00694. The Morgan fingerprint density at radius 2 is 1.43 bits per heavy atom. The van der Waals surface area contributed by atoms with E-state index in [1.54, 1.807) is 18.3 Å². The summed E-state index contributed by atoms with van der Waals surface area (Å²) in [5.74, 6) is 0.745. The van der Waals surface area contributed by atoms with Crippen LogP contribution in [0.5, 0.6) is 5.88 Å². The third kappa shape index (κ3) is 13.5. The van der Waals surface area contributed by atoms with E-state index in [4.69, 9.17) is 32.8 Å². The molecule has 168 valence electrons. The smallest absolute Gasteiger partial charge is 0.213 e. The zero-order valence-electron chi connectivity index (χ0n) is 18.2. The number of ether oxygens (including phenoxy) is 1. The molecule has 30 heavy (non-hydrogen) atoms.